The maximum Gasteiger partial charge on any atom is 0.197 e. The second-order valence-electron chi connectivity index (χ2n) is 6.17. The summed E-state index contributed by atoms with van der Waals surface area (Å²) in [7, 11) is 2.22. The molecule has 22 heavy (non-hydrogen) atoms. The summed E-state index contributed by atoms with van der Waals surface area (Å²) in [6.07, 6.45) is 7.05. The quantitative estimate of drug-likeness (QED) is 0.642. The number of rotatable bonds is 2. The lowest BCUT2D eigenvalue weighted by Crippen LogP contribution is -2.41. The Morgan fingerprint density at radius 1 is 1.36 bits per heavy atom. The lowest BCUT2D eigenvalue weighted by Gasteiger charge is -2.36. The van der Waals surface area contributed by atoms with E-state index < -0.39 is 0 Å². The maximum atomic E-state index is 6.63. The zero-order valence-corrected chi connectivity index (χ0v) is 14.9. The highest BCUT2D eigenvalue weighted by atomic mass is 35.5. The molecule has 0 spiro atoms. The minimum Gasteiger partial charge on any atom is -0.328 e. The number of hydrogen-bond donors (Lipinski definition) is 1. The van der Waals surface area contributed by atoms with Crippen LogP contribution >= 0.6 is 35.6 Å². The van der Waals surface area contributed by atoms with Gasteiger partial charge in [-0.3, -0.25) is 4.90 Å². The van der Waals surface area contributed by atoms with Crippen LogP contribution in [0.2, 0.25) is 5.02 Å². The van der Waals surface area contributed by atoms with Gasteiger partial charge in [-0.05, 0) is 50.7 Å². The van der Waals surface area contributed by atoms with E-state index in [1.165, 1.54) is 23.3 Å². The van der Waals surface area contributed by atoms with Crippen molar-refractivity contribution in [3.8, 4) is 0 Å². The molecule has 0 aliphatic carbocycles. The van der Waals surface area contributed by atoms with Crippen molar-refractivity contribution >= 4 is 52.1 Å². The minimum absolute atomic E-state index is 0.500. The SMILES string of the molecule is Cc1cc2c(c(Cl)c1SC1CC3C=CC(C1)N3C)NC(=S)[N]2. The number of nitrogens with one attached hydrogen (secondary N) is 1. The van der Waals surface area contributed by atoms with Gasteiger partial charge in [0.2, 0.25) is 0 Å². The minimum atomic E-state index is 0.500. The van der Waals surface area contributed by atoms with Crippen LogP contribution in [-0.2, 0) is 0 Å². The molecule has 2 atom stereocenters. The van der Waals surface area contributed by atoms with E-state index in [2.05, 4.69) is 47.7 Å². The molecule has 115 valence electrons. The first-order valence-electron chi connectivity index (χ1n) is 7.45. The largest absolute Gasteiger partial charge is 0.328 e. The lowest BCUT2D eigenvalue weighted by molar-refractivity contribution is 0.200. The number of fused-ring (bicyclic) bond motifs is 3. The molecule has 1 saturated heterocycles. The van der Waals surface area contributed by atoms with E-state index in [0.29, 0.717) is 22.4 Å². The van der Waals surface area contributed by atoms with Crippen molar-refractivity contribution in [2.45, 2.75) is 42.0 Å². The van der Waals surface area contributed by atoms with Crippen molar-refractivity contribution in [2.24, 2.45) is 0 Å². The summed E-state index contributed by atoms with van der Waals surface area (Å²) in [6, 6.07) is 3.23. The third-order valence-electron chi connectivity index (χ3n) is 4.74. The highest BCUT2D eigenvalue weighted by Crippen LogP contribution is 2.47. The third kappa shape index (κ3) is 2.35. The molecule has 1 aromatic rings. The van der Waals surface area contributed by atoms with Crippen molar-refractivity contribution in [3.63, 3.8) is 0 Å². The fraction of sp³-hybridized carbons (Fsp3) is 0.438. The fourth-order valence-corrected chi connectivity index (χ4v) is 5.50. The van der Waals surface area contributed by atoms with E-state index in [9.17, 15) is 0 Å². The standard InChI is InChI=1S/C16H17ClN3S2/c1-8-5-12-14(19-16(21)18-12)13(17)15(8)22-11-6-9-3-4-10(7-11)20(9)2/h3-5,9-11H,6-7H2,1-2H3,(H,19,21). The van der Waals surface area contributed by atoms with E-state index in [1.807, 2.05) is 11.8 Å². The summed E-state index contributed by atoms with van der Waals surface area (Å²) in [4.78, 5) is 3.63. The summed E-state index contributed by atoms with van der Waals surface area (Å²) in [5, 5.41) is 9.29. The highest BCUT2D eigenvalue weighted by Gasteiger charge is 2.36. The van der Waals surface area contributed by atoms with Gasteiger partial charge in [0.25, 0.3) is 0 Å². The smallest absolute Gasteiger partial charge is 0.197 e. The molecule has 2 bridgehead atoms. The van der Waals surface area contributed by atoms with Gasteiger partial charge < -0.3 is 5.32 Å². The van der Waals surface area contributed by atoms with Crippen LogP contribution in [0, 0.1) is 6.92 Å². The molecule has 1 aromatic carbocycles. The molecule has 0 saturated carbocycles. The van der Waals surface area contributed by atoms with Crippen LogP contribution in [0.15, 0.2) is 23.1 Å². The number of thioether (sulfide) groups is 1. The lowest BCUT2D eigenvalue weighted by atomic mass is 10.0. The number of aryl methyl sites for hydroxylation is 1. The Bertz CT molecular complexity index is 672. The molecular weight excluding hydrogens is 334 g/mol. The predicted octanol–water partition coefficient (Wildman–Crippen LogP) is 4.09. The Morgan fingerprint density at radius 3 is 2.73 bits per heavy atom. The van der Waals surface area contributed by atoms with Gasteiger partial charge in [-0.15, -0.1) is 11.8 Å². The zero-order chi connectivity index (χ0) is 15.4. The number of nitrogens with zero attached hydrogens (tertiary/aromatic N) is 2. The van der Waals surface area contributed by atoms with Gasteiger partial charge in [0, 0.05) is 22.2 Å². The fourth-order valence-electron chi connectivity index (χ4n) is 3.50. The summed E-state index contributed by atoms with van der Waals surface area (Å²) in [6.45, 7) is 2.10. The van der Waals surface area contributed by atoms with Crippen molar-refractivity contribution in [1.29, 1.82) is 0 Å². The molecule has 2 unspecified atom stereocenters. The van der Waals surface area contributed by atoms with E-state index in [1.54, 1.807) is 0 Å². The molecule has 0 amide bonds. The number of benzene rings is 1. The van der Waals surface area contributed by atoms with Gasteiger partial charge in [-0.25, -0.2) is 5.32 Å². The van der Waals surface area contributed by atoms with Gasteiger partial charge in [-0.2, -0.15) is 0 Å². The Kier molecular flexibility index (Phi) is 3.64. The molecule has 0 aromatic heterocycles. The summed E-state index contributed by atoms with van der Waals surface area (Å²) >= 11 is 13.7. The molecule has 3 aliphatic heterocycles. The van der Waals surface area contributed by atoms with Crippen molar-refractivity contribution in [2.75, 3.05) is 12.4 Å². The van der Waals surface area contributed by atoms with Crippen LogP contribution in [0.5, 0.6) is 0 Å². The number of halogens is 1. The molecule has 3 heterocycles. The summed E-state index contributed by atoms with van der Waals surface area (Å²) in [5.41, 5.74) is 2.92. The second kappa shape index (κ2) is 5.41. The number of hydrogen-bond acceptors (Lipinski definition) is 3. The monoisotopic (exact) mass is 350 g/mol. The second-order valence-corrected chi connectivity index (χ2v) is 8.24. The molecule has 4 rings (SSSR count). The average molecular weight is 351 g/mol. The first kappa shape index (κ1) is 14.8. The van der Waals surface area contributed by atoms with Crippen LogP contribution in [0.1, 0.15) is 18.4 Å². The molecule has 3 aliphatic rings. The molecule has 3 nitrogen and oxygen atoms in total. The van der Waals surface area contributed by atoms with Crippen LogP contribution < -0.4 is 10.6 Å². The number of likely N-dealkylation sites (N-methyl/N-ethyl adjacent to an activating group) is 1. The first-order chi connectivity index (χ1) is 10.5. The van der Waals surface area contributed by atoms with E-state index in [-0.39, 0.29) is 0 Å². The third-order valence-corrected chi connectivity index (χ3v) is 6.90. The Balaban J connectivity index is 1.60. The average Bonchev–Trinajstić information content (AvgIpc) is 2.91. The molecule has 1 radical (unpaired) electrons. The van der Waals surface area contributed by atoms with Gasteiger partial charge >= 0.3 is 0 Å². The molecule has 1 fully saturated rings. The van der Waals surface area contributed by atoms with E-state index >= 15 is 0 Å². The van der Waals surface area contributed by atoms with Gasteiger partial charge in [0.1, 0.15) is 0 Å². The van der Waals surface area contributed by atoms with Crippen LogP contribution in [0.25, 0.3) is 0 Å². The van der Waals surface area contributed by atoms with Crippen molar-refractivity contribution < 1.29 is 0 Å². The van der Waals surface area contributed by atoms with E-state index in [0.717, 1.165) is 16.4 Å². The molecule has 1 N–H and O–H groups in total. The number of thiocarbonyl (C=S) groups is 1. The van der Waals surface area contributed by atoms with Crippen molar-refractivity contribution in [3.05, 3.63) is 28.8 Å². The Labute approximate surface area is 145 Å². The highest BCUT2D eigenvalue weighted by molar-refractivity contribution is 8.00. The van der Waals surface area contributed by atoms with Gasteiger partial charge in [-0.1, -0.05) is 23.8 Å². The van der Waals surface area contributed by atoms with E-state index in [4.69, 9.17) is 23.8 Å². The van der Waals surface area contributed by atoms with Crippen LogP contribution in [0.3, 0.4) is 0 Å². The van der Waals surface area contributed by atoms with Gasteiger partial charge in [0.15, 0.2) is 5.11 Å². The topological polar surface area (TPSA) is 29.4 Å². The first-order valence-corrected chi connectivity index (χ1v) is 9.12. The Morgan fingerprint density at radius 2 is 2.05 bits per heavy atom. The van der Waals surface area contributed by atoms with Crippen LogP contribution in [0.4, 0.5) is 11.4 Å². The van der Waals surface area contributed by atoms with Gasteiger partial charge in [0.05, 0.1) is 16.4 Å². The summed E-state index contributed by atoms with van der Waals surface area (Å²) in [5.74, 6) is 0. The normalized spacial score (nSPS) is 29.4. The predicted molar refractivity (Wildman–Crippen MR) is 97.6 cm³/mol. The zero-order valence-electron chi connectivity index (χ0n) is 12.5. The van der Waals surface area contributed by atoms with Crippen molar-refractivity contribution in [1.82, 2.24) is 10.2 Å². The maximum absolute atomic E-state index is 6.63. The van der Waals surface area contributed by atoms with Crippen LogP contribution in [-0.4, -0.2) is 34.4 Å². The number of piperidine rings is 1. The number of anilines is 1. The molecule has 6 heteroatoms. The Hall–Kier alpha value is -0.750. The summed E-state index contributed by atoms with van der Waals surface area (Å²) < 4.78 is 0. The molecular formula is C16H17ClN3S2.